The third-order valence-electron chi connectivity index (χ3n) is 6.61. The summed E-state index contributed by atoms with van der Waals surface area (Å²) in [6.07, 6.45) is 1.48. The third-order valence-corrected chi connectivity index (χ3v) is 6.61. The maximum atomic E-state index is 14.9. The third kappa shape index (κ3) is 4.80. The van der Waals surface area contributed by atoms with E-state index in [4.69, 9.17) is 4.74 Å². The highest BCUT2D eigenvalue weighted by Gasteiger charge is 2.25. The molecule has 0 unspecified atom stereocenters. The van der Waals surface area contributed by atoms with E-state index in [0.717, 1.165) is 37.9 Å². The lowest BCUT2D eigenvalue weighted by Gasteiger charge is -2.35. The molecular weight excluding hydrogens is 453 g/mol. The Morgan fingerprint density at radius 3 is 2.49 bits per heavy atom. The number of anilines is 2. The van der Waals surface area contributed by atoms with Crippen molar-refractivity contribution in [1.29, 1.82) is 0 Å². The molecule has 2 aromatic carbocycles. The van der Waals surface area contributed by atoms with Crippen molar-refractivity contribution in [3.8, 4) is 16.9 Å². The van der Waals surface area contributed by atoms with Crippen LogP contribution in [0.2, 0.25) is 0 Å². The highest BCUT2D eigenvalue weighted by atomic mass is 19.1. The molecule has 0 radical (unpaired) electrons. The van der Waals surface area contributed by atoms with Gasteiger partial charge in [-0.3, -0.25) is 4.98 Å². The summed E-state index contributed by atoms with van der Waals surface area (Å²) in [6, 6.07) is 10.0. The first-order valence-electron chi connectivity index (χ1n) is 12.0. The zero-order chi connectivity index (χ0) is 24.5. The maximum Gasteiger partial charge on any atom is 0.178 e. The SMILES string of the molecule is CC(C)N1CCOc2c(F)cc(-c3cc(Cc4ccc(N5CCNCC5)c(F)c4)ncc3F)cc21. The number of rotatable bonds is 5. The second kappa shape index (κ2) is 9.77. The molecule has 8 heteroatoms. The topological polar surface area (TPSA) is 40.6 Å². The monoisotopic (exact) mass is 482 g/mol. The van der Waals surface area contributed by atoms with Crippen molar-refractivity contribution in [2.24, 2.45) is 0 Å². The van der Waals surface area contributed by atoms with Crippen LogP contribution in [0.1, 0.15) is 25.1 Å². The van der Waals surface area contributed by atoms with E-state index in [9.17, 15) is 13.2 Å². The fourth-order valence-electron chi connectivity index (χ4n) is 4.83. The first kappa shape index (κ1) is 23.5. The summed E-state index contributed by atoms with van der Waals surface area (Å²) in [7, 11) is 0. The van der Waals surface area contributed by atoms with Gasteiger partial charge in [-0.1, -0.05) is 6.07 Å². The van der Waals surface area contributed by atoms with Crippen molar-refractivity contribution in [2.45, 2.75) is 26.3 Å². The number of hydrogen-bond acceptors (Lipinski definition) is 5. The van der Waals surface area contributed by atoms with Gasteiger partial charge in [0.2, 0.25) is 0 Å². The lowest BCUT2D eigenvalue weighted by molar-refractivity contribution is 0.287. The van der Waals surface area contributed by atoms with Crippen LogP contribution in [0.25, 0.3) is 11.1 Å². The average molecular weight is 483 g/mol. The minimum absolute atomic E-state index is 0.143. The number of benzene rings is 2. The van der Waals surface area contributed by atoms with Crippen LogP contribution in [0.15, 0.2) is 42.6 Å². The molecule has 0 atom stereocenters. The molecule has 0 spiro atoms. The molecule has 1 saturated heterocycles. The fraction of sp³-hybridized carbons (Fsp3) is 0.370. The van der Waals surface area contributed by atoms with E-state index < -0.39 is 11.6 Å². The van der Waals surface area contributed by atoms with Gasteiger partial charge in [0.1, 0.15) is 18.2 Å². The van der Waals surface area contributed by atoms with Gasteiger partial charge in [0.25, 0.3) is 0 Å². The molecule has 2 aliphatic rings. The van der Waals surface area contributed by atoms with Crippen LogP contribution in [0.5, 0.6) is 5.75 Å². The van der Waals surface area contributed by atoms with Crippen LogP contribution in [0.3, 0.4) is 0 Å². The van der Waals surface area contributed by atoms with Crippen molar-refractivity contribution < 1.29 is 17.9 Å². The summed E-state index contributed by atoms with van der Waals surface area (Å²) in [4.78, 5) is 8.29. The summed E-state index contributed by atoms with van der Waals surface area (Å²) < 4.78 is 50.2. The number of fused-ring (bicyclic) bond motifs is 1. The Kier molecular flexibility index (Phi) is 6.56. The number of pyridine rings is 1. The second-order valence-corrected chi connectivity index (χ2v) is 9.30. The largest absolute Gasteiger partial charge is 0.486 e. The fourth-order valence-corrected chi connectivity index (χ4v) is 4.83. The van der Waals surface area contributed by atoms with Gasteiger partial charge in [0.15, 0.2) is 11.6 Å². The van der Waals surface area contributed by atoms with Gasteiger partial charge < -0.3 is 19.9 Å². The van der Waals surface area contributed by atoms with E-state index in [0.29, 0.717) is 42.2 Å². The Morgan fingerprint density at radius 1 is 0.943 bits per heavy atom. The number of piperazine rings is 1. The zero-order valence-corrected chi connectivity index (χ0v) is 20.0. The predicted octanol–water partition coefficient (Wildman–Crippen LogP) is 4.77. The summed E-state index contributed by atoms with van der Waals surface area (Å²) >= 11 is 0. The first-order valence-corrected chi connectivity index (χ1v) is 12.0. The van der Waals surface area contributed by atoms with Gasteiger partial charge in [-0.05, 0) is 55.3 Å². The number of nitrogens with one attached hydrogen (secondary N) is 1. The normalized spacial score (nSPS) is 15.8. The molecule has 3 aromatic rings. The molecule has 0 saturated carbocycles. The van der Waals surface area contributed by atoms with Crippen LogP contribution in [0.4, 0.5) is 24.5 Å². The zero-order valence-electron chi connectivity index (χ0n) is 20.0. The van der Waals surface area contributed by atoms with Crippen LogP contribution in [-0.4, -0.2) is 50.4 Å². The minimum atomic E-state index is -0.541. The van der Waals surface area contributed by atoms with Crippen LogP contribution >= 0.6 is 0 Å². The summed E-state index contributed by atoms with van der Waals surface area (Å²) in [6.45, 7) is 8.26. The highest BCUT2D eigenvalue weighted by Crippen LogP contribution is 2.39. The Labute approximate surface area is 203 Å². The average Bonchev–Trinajstić information content (AvgIpc) is 2.85. The van der Waals surface area contributed by atoms with Gasteiger partial charge in [-0.2, -0.15) is 0 Å². The van der Waals surface area contributed by atoms with Crippen molar-refractivity contribution in [3.05, 3.63) is 71.3 Å². The standard InChI is InChI=1S/C27H29F3N4O/c1-17(2)34-9-10-35-27-23(29)13-19(14-26(27)34)21-15-20(32-16-24(21)30)11-18-3-4-25(22(28)12-18)33-7-5-31-6-8-33/h3-4,12-17,31H,5-11H2,1-2H3. The van der Waals surface area contributed by atoms with Gasteiger partial charge in [-0.25, -0.2) is 13.2 Å². The molecule has 1 N–H and O–H groups in total. The summed E-state index contributed by atoms with van der Waals surface area (Å²) in [5.41, 5.74) is 3.19. The minimum Gasteiger partial charge on any atom is -0.486 e. The second-order valence-electron chi connectivity index (χ2n) is 9.30. The van der Waals surface area contributed by atoms with E-state index in [1.807, 2.05) is 29.7 Å². The molecule has 2 aliphatic heterocycles. The van der Waals surface area contributed by atoms with E-state index in [1.54, 1.807) is 18.2 Å². The molecule has 0 aliphatic carbocycles. The van der Waals surface area contributed by atoms with Crippen molar-refractivity contribution in [3.63, 3.8) is 0 Å². The van der Waals surface area contributed by atoms with E-state index in [1.165, 1.54) is 12.1 Å². The summed E-state index contributed by atoms with van der Waals surface area (Å²) in [5.74, 6) is -1.15. The molecule has 1 fully saturated rings. The Bertz CT molecular complexity index is 1230. The molecule has 0 bridgehead atoms. The van der Waals surface area contributed by atoms with Crippen LogP contribution in [0, 0.1) is 17.5 Å². The van der Waals surface area contributed by atoms with Gasteiger partial charge in [-0.15, -0.1) is 0 Å². The van der Waals surface area contributed by atoms with Crippen LogP contribution < -0.4 is 19.9 Å². The Hall–Kier alpha value is -3.26. The number of nitrogens with zero attached hydrogens (tertiary/aromatic N) is 3. The Morgan fingerprint density at radius 2 is 1.74 bits per heavy atom. The van der Waals surface area contributed by atoms with Gasteiger partial charge >= 0.3 is 0 Å². The Balaban J connectivity index is 1.43. The molecule has 35 heavy (non-hydrogen) atoms. The number of aromatic nitrogens is 1. The maximum absolute atomic E-state index is 14.9. The molecule has 3 heterocycles. The molecule has 5 rings (SSSR count). The quantitative estimate of drug-likeness (QED) is 0.567. The van der Waals surface area contributed by atoms with E-state index in [2.05, 4.69) is 10.3 Å². The summed E-state index contributed by atoms with van der Waals surface area (Å²) in [5, 5.41) is 3.26. The number of ether oxygens (including phenoxy) is 1. The van der Waals surface area contributed by atoms with Crippen molar-refractivity contribution in [1.82, 2.24) is 10.3 Å². The first-order chi connectivity index (χ1) is 16.9. The molecule has 184 valence electrons. The highest BCUT2D eigenvalue weighted by molar-refractivity contribution is 5.74. The molecule has 0 amide bonds. The van der Waals surface area contributed by atoms with Crippen molar-refractivity contribution in [2.75, 3.05) is 49.1 Å². The van der Waals surface area contributed by atoms with Crippen molar-refractivity contribution >= 4 is 11.4 Å². The van der Waals surface area contributed by atoms with E-state index >= 15 is 0 Å². The smallest absolute Gasteiger partial charge is 0.178 e. The number of halogens is 3. The predicted molar refractivity (Wildman–Crippen MR) is 132 cm³/mol. The number of hydrogen-bond donors (Lipinski definition) is 1. The lowest BCUT2D eigenvalue weighted by Crippen LogP contribution is -2.43. The van der Waals surface area contributed by atoms with Gasteiger partial charge in [0, 0.05) is 49.9 Å². The van der Waals surface area contributed by atoms with Crippen LogP contribution in [-0.2, 0) is 6.42 Å². The lowest BCUT2D eigenvalue weighted by atomic mass is 10.0. The molecule has 1 aromatic heterocycles. The molecular formula is C27H29F3N4O. The molecule has 5 nitrogen and oxygen atoms in total. The van der Waals surface area contributed by atoms with E-state index in [-0.39, 0.29) is 23.2 Å². The van der Waals surface area contributed by atoms with Gasteiger partial charge in [0.05, 0.1) is 24.1 Å².